The van der Waals surface area contributed by atoms with Gasteiger partial charge in [-0.3, -0.25) is 4.79 Å². The first-order valence-electron chi connectivity index (χ1n) is 9.10. The molecule has 0 radical (unpaired) electrons. The molecule has 2 heterocycles. The molecule has 5 heteroatoms. The molecule has 1 amide bonds. The van der Waals surface area contributed by atoms with E-state index in [1.54, 1.807) is 18.5 Å². The van der Waals surface area contributed by atoms with Crippen molar-refractivity contribution >= 4 is 17.5 Å². The van der Waals surface area contributed by atoms with Crippen molar-refractivity contribution in [2.75, 3.05) is 23.3 Å². The van der Waals surface area contributed by atoms with Gasteiger partial charge in [-0.15, -0.1) is 0 Å². The van der Waals surface area contributed by atoms with Crippen molar-refractivity contribution in [2.24, 2.45) is 5.92 Å². The van der Waals surface area contributed by atoms with E-state index >= 15 is 0 Å². The normalized spacial score (nSPS) is 18.6. The van der Waals surface area contributed by atoms with Gasteiger partial charge in [-0.05, 0) is 48.9 Å². The Labute approximate surface area is 149 Å². The number of aromatic nitrogens is 2. The first-order chi connectivity index (χ1) is 12.2. The Morgan fingerprint density at radius 1 is 1.28 bits per heavy atom. The molecule has 1 fully saturated rings. The summed E-state index contributed by atoms with van der Waals surface area (Å²) in [5.41, 5.74) is 2.18. The van der Waals surface area contributed by atoms with Crippen LogP contribution in [0.1, 0.15) is 44.6 Å². The molecule has 3 rings (SSSR count). The minimum absolute atomic E-state index is 0.0354. The first-order valence-corrected chi connectivity index (χ1v) is 9.10. The van der Waals surface area contributed by atoms with E-state index in [2.05, 4.69) is 46.2 Å². The van der Waals surface area contributed by atoms with E-state index in [0.717, 1.165) is 31.5 Å². The minimum Gasteiger partial charge on any atom is -0.340 e. The van der Waals surface area contributed by atoms with Gasteiger partial charge >= 0.3 is 0 Å². The van der Waals surface area contributed by atoms with Crippen molar-refractivity contribution in [3.8, 4) is 0 Å². The Morgan fingerprint density at radius 2 is 2.00 bits per heavy atom. The molecule has 1 N–H and O–H groups in total. The number of nitrogens with zero attached hydrogens (tertiary/aromatic N) is 3. The largest absolute Gasteiger partial charge is 0.340 e. The van der Waals surface area contributed by atoms with Crippen LogP contribution in [0.15, 0.2) is 42.7 Å². The zero-order valence-corrected chi connectivity index (χ0v) is 15.0. The van der Waals surface area contributed by atoms with E-state index in [9.17, 15) is 4.79 Å². The summed E-state index contributed by atoms with van der Waals surface area (Å²) >= 11 is 0. The molecule has 0 aliphatic carbocycles. The number of carbonyl (C=O) groups is 1. The maximum absolute atomic E-state index is 12.6. The molecule has 0 spiro atoms. The van der Waals surface area contributed by atoms with Crippen LogP contribution >= 0.6 is 0 Å². The average Bonchev–Trinajstić information content (AvgIpc) is 2.68. The van der Waals surface area contributed by atoms with Crippen molar-refractivity contribution in [2.45, 2.75) is 39.0 Å². The van der Waals surface area contributed by atoms with Gasteiger partial charge in [0.2, 0.25) is 11.9 Å². The summed E-state index contributed by atoms with van der Waals surface area (Å²) in [6.07, 6.45) is 6.48. The van der Waals surface area contributed by atoms with E-state index < -0.39 is 0 Å². The highest BCUT2D eigenvalue weighted by atomic mass is 16.1. The molecule has 1 aliphatic rings. The van der Waals surface area contributed by atoms with Crippen LogP contribution < -0.4 is 10.2 Å². The summed E-state index contributed by atoms with van der Waals surface area (Å²) in [5.74, 6) is 1.30. The van der Waals surface area contributed by atoms with E-state index in [0.29, 0.717) is 18.4 Å². The predicted octanol–water partition coefficient (Wildman–Crippen LogP) is 3.85. The number of amides is 1. The maximum Gasteiger partial charge on any atom is 0.229 e. The Morgan fingerprint density at radius 3 is 2.68 bits per heavy atom. The van der Waals surface area contributed by atoms with Gasteiger partial charge in [0.05, 0.1) is 5.92 Å². The molecule has 25 heavy (non-hydrogen) atoms. The standard InChI is InChI=1S/C20H26N4O/c1-3-15(2)16-7-9-18(10-8-16)23-19(25)17-6-4-13-24(14-17)20-21-11-5-12-22-20/h5,7-12,15,17H,3-4,6,13-14H2,1-2H3,(H,23,25)/t15-,17+/m1/s1. The fourth-order valence-corrected chi connectivity index (χ4v) is 3.20. The number of hydrogen-bond acceptors (Lipinski definition) is 4. The molecule has 0 unspecified atom stereocenters. The number of rotatable bonds is 5. The van der Waals surface area contributed by atoms with Crippen LogP contribution in [0, 0.1) is 5.92 Å². The molecule has 2 aromatic rings. The predicted molar refractivity (Wildman–Crippen MR) is 101 cm³/mol. The second-order valence-corrected chi connectivity index (χ2v) is 6.75. The summed E-state index contributed by atoms with van der Waals surface area (Å²) < 4.78 is 0. The second-order valence-electron chi connectivity index (χ2n) is 6.75. The maximum atomic E-state index is 12.6. The third kappa shape index (κ3) is 4.35. The summed E-state index contributed by atoms with van der Waals surface area (Å²) in [5, 5.41) is 3.06. The highest BCUT2D eigenvalue weighted by Crippen LogP contribution is 2.23. The highest BCUT2D eigenvalue weighted by Gasteiger charge is 2.27. The van der Waals surface area contributed by atoms with E-state index in [1.165, 1.54) is 5.56 Å². The van der Waals surface area contributed by atoms with E-state index in [-0.39, 0.29) is 11.8 Å². The molecule has 1 aromatic carbocycles. The number of anilines is 2. The van der Waals surface area contributed by atoms with Gasteiger partial charge in [0.1, 0.15) is 0 Å². The van der Waals surface area contributed by atoms with Crippen LogP contribution in [0.3, 0.4) is 0 Å². The monoisotopic (exact) mass is 338 g/mol. The third-order valence-corrected chi connectivity index (χ3v) is 4.99. The lowest BCUT2D eigenvalue weighted by Crippen LogP contribution is -2.41. The molecule has 132 valence electrons. The van der Waals surface area contributed by atoms with Crippen molar-refractivity contribution in [3.63, 3.8) is 0 Å². The second kappa shape index (κ2) is 8.10. The quantitative estimate of drug-likeness (QED) is 0.900. The molecule has 1 aliphatic heterocycles. The Hall–Kier alpha value is -2.43. The van der Waals surface area contributed by atoms with Gasteiger partial charge in [0, 0.05) is 31.2 Å². The van der Waals surface area contributed by atoms with E-state index in [4.69, 9.17) is 0 Å². The molecule has 1 saturated heterocycles. The van der Waals surface area contributed by atoms with Gasteiger partial charge in [-0.1, -0.05) is 26.0 Å². The van der Waals surface area contributed by atoms with Crippen LogP contribution in [-0.4, -0.2) is 29.0 Å². The van der Waals surface area contributed by atoms with Crippen molar-refractivity contribution < 1.29 is 4.79 Å². The molecule has 2 atom stereocenters. The smallest absolute Gasteiger partial charge is 0.229 e. The Kier molecular flexibility index (Phi) is 5.64. The molecule has 0 bridgehead atoms. The molecule has 1 aromatic heterocycles. The van der Waals surface area contributed by atoms with Gasteiger partial charge in [0.25, 0.3) is 0 Å². The zero-order chi connectivity index (χ0) is 17.6. The van der Waals surface area contributed by atoms with Crippen LogP contribution in [0.2, 0.25) is 0 Å². The number of piperidine rings is 1. The topological polar surface area (TPSA) is 58.1 Å². The number of nitrogens with one attached hydrogen (secondary N) is 1. The van der Waals surface area contributed by atoms with Crippen LogP contribution in [-0.2, 0) is 4.79 Å². The fraction of sp³-hybridized carbons (Fsp3) is 0.450. The summed E-state index contributed by atoms with van der Waals surface area (Å²) in [7, 11) is 0. The number of carbonyl (C=O) groups excluding carboxylic acids is 1. The summed E-state index contributed by atoms with van der Waals surface area (Å²) in [6, 6.07) is 10.0. The third-order valence-electron chi connectivity index (χ3n) is 4.99. The van der Waals surface area contributed by atoms with Gasteiger partial charge in [-0.2, -0.15) is 0 Å². The molecule has 5 nitrogen and oxygen atoms in total. The molecular formula is C20H26N4O. The van der Waals surface area contributed by atoms with Crippen LogP contribution in [0.5, 0.6) is 0 Å². The SMILES string of the molecule is CC[C@@H](C)c1ccc(NC(=O)[C@H]2CCCN(c3ncccn3)C2)cc1. The van der Waals surface area contributed by atoms with Crippen LogP contribution in [0.4, 0.5) is 11.6 Å². The molecule has 0 saturated carbocycles. The van der Waals surface area contributed by atoms with Crippen molar-refractivity contribution in [1.29, 1.82) is 0 Å². The van der Waals surface area contributed by atoms with Crippen molar-refractivity contribution in [1.82, 2.24) is 9.97 Å². The first kappa shape index (κ1) is 17.4. The Balaban J connectivity index is 1.61. The Bertz CT molecular complexity index is 687. The summed E-state index contributed by atoms with van der Waals surface area (Å²) in [6.45, 7) is 5.97. The van der Waals surface area contributed by atoms with Gasteiger partial charge in [0.15, 0.2) is 0 Å². The van der Waals surface area contributed by atoms with Gasteiger partial charge < -0.3 is 10.2 Å². The lowest BCUT2D eigenvalue weighted by atomic mass is 9.96. The summed E-state index contributed by atoms with van der Waals surface area (Å²) in [4.78, 5) is 23.3. The van der Waals surface area contributed by atoms with E-state index in [1.807, 2.05) is 12.1 Å². The lowest BCUT2D eigenvalue weighted by molar-refractivity contribution is -0.120. The minimum atomic E-state index is -0.0354. The average molecular weight is 338 g/mol. The van der Waals surface area contributed by atoms with Crippen LogP contribution in [0.25, 0.3) is 0 Å². The number of hydrogen-bond donors (Lipinski definition) is 1. The van der Waals surface area contributed by atoms with Gasteiger partial charge in [-0.25, -0.2) is 9.97 Å². The zero-order valence-electron chi connectivity index (χ0n) is 15.0. The number of benzene rings is 1. The molecular weight excluding hydrogens is 312 g/mol. The lowest BCUT2D eigenvalue weighted by Gasteiger charge is -2.31. The fourth-order valence-electron chi connectivity index (χ4n) is 3.20. The van der Waals surface area contributed by atoms with Crippen molar-refractivity contribution in [3.05, 3.63) is 48.3 Å². The highest BCUT2D eigenvalue weighted by molar-refractivity contribution is 5.93.